The van der Waals surface area contributed by atoms with Gasteiger partial charge >= 0.3 is 0 Å². The average Bonchev–Trinajstić information content (AvgIpc) is 3.04. The predicted octanol–water partition coefficient (Wildman–Crippen LogP) is 8.99. The minimum absolute atomic E-state index is 0.925. The highest BCUT2D eigenvalue weighted by molar-refractivity contribution is 5.52. The molecular formula is C38H30O. The molecule has 0 atom stereocenters. The van der Waals surface area contributed by atoms with Gasteiger partial charge in [0, 0.05) is 0 Å². The normalized spacial score (nSPS) is 11.7. The smallest absolute Gasteiger partial charge is 0.145 e. The molecule has 0 radical (unpaired) electrons. The van der Waals surface area contributed by atoms with E-state index in [1.165, 1.54) is 0 Å². The van der Waals surface area contributed by atoms with Crippen LogP contribution in [0.25, 0.3) is 0 Å². The van der Waals surface area contributed by atoms with Gasteiger partial charge in [0.1, 0.15) is 11.2 Å². The monoisotopic (exact) mass is 502 g/mol. The maximum absolute atomic E-state index is 7.94. The Balaban J connectivity index is 1.76. The summed E-state index contributed by atoms with van der Waals surface area (Å²) < 4.78 is 7.94. The molecule has 1 heteroatoms. The van der Waals surface area contributed by atoms with Crippen LogP contribution in [0.3, 0.4) is 0 Å². The van der Waals surface area contributed by atoms with Gasteiger partial charge in [0.2, 0.25) is 0 Å². The molecule has 0 unspecified atom stereocenters. The molecule has 0 saturated carbocycles. The number of benzene rings is 6. The highest BCUT2D eigenvalue weighted by Crippen LogP contribution is 2.51. The Bertz CT molecular complexity index is 1260. The van der Waals surface area contributed by atoms with Gasteiger partial charge in [0.05, 0.1) is 0 Å². The maximum Gasteiger partial charge on any atom is 0.145 e. The van der Waals surface area contributed by atoms with Crippen LogP contribution in [0, 0.1) is 0 Å². The average molecular weight is 503 g/mol. The zero-order valence-electron chi connectivity index (χ0n) is 21.7. The Morgan fingerprint density at radius 3 is 0.538 bits per heavy atom. The van der Waals surface area contributed by atoms with Crippen LogP contribution in [-0.4, -0.2) is 0 Å². The first-order chi connectivity index (χ1) is 19.3. The molecule has 0 aromatic heterocycles. The Morgan fingerprint density at radius 2 is 0.385 bits per heavy atom. The minimum Gasteiger partial charge on any atom is -0.340 e. The molecule has 0 amide bonds. The van der Waals surface area contributed by atoms with E-state index in [0.29, 0.717) is 0 Å². The molecule has 0 aliphatic heterocycles. The summed E-state index contributed by atoms with van der Waals surface area (Å²) in [6.07, 6.45) is 0. The minimum atomic E-state index is -0.925. The fourth-order valence-electron chi connectivity index (χ4n) is 5.62. The van der Waals surface area contributed by atoms with Gasteiger partial charge in [-0.2, -0.15) is 0 Å². The number of hydrogen-bond donors (Lipinski definition) is 0. The summed E-state index contributed by atoms with van der Waals surface area (Å²) in [5, 5.41) is 0. The van der Waals surface area contributed by atoms with Crippen molar-refractivity contribution in [1.29, 1.82) is 0 Å². The second-order valence-corrected chi connectivity index (χ2v) is 9.66. The fraction of sp³-hybridized carbons (Fsp3) is 0.0526. The number of hydrogen-bond acceptors (Lipinski definition) is 1. The van der Waals surface area contributed by atoms with Crippen LogP contribution in [0.1, 0.15) is 33.4 Å². The molecule has 0 heterocycles. The molecule has 0 bridgehead atoms. The number of ether oxygens (including phenoxy) is 1. The Morgan fingerprint density at radius 1 is 0.231 bits per heavy atom. The number of rotatable bonds is 8. The summed E-state index contributed by atoms with van der Waals surface area (Å²) in [4.78, 5) is 0. The van der Waals surface area contributed by atoms with Gasteiger partial charge in [-0.15, -0.1) is 0 Å². The predicted molar refractivity (Wildman–Crippen MR) is 160 cm³/mol. The Labute approximate surface area is 231 Å². The second kappa shape index (κ2) is 10.9. The molecule has 6 aromatic carbocycles. The third-order valence-electron chi connectivity index (χ3n) is 7.39. The van der Waals surface area contributed by atoms with E-state index in [4.69, 9.17) is 4.74 Å². The Kier molecular flexibility index (Phi) is 6.91. The summed E-state index contributed by atoms with van der Waals surface area (Å²) in [6.45, 7) is 0. The van der Waals surface area contributed by atoms with E-state index in [0.717, 1.165) is 33.4 Å². The van der Waals surface area contributed by atoms with Crippen molar-refractivity contribution in [3.63, 3.8) is 0 Å². The quantitative estimate of drug-likeness (QED) is 0.189. The van der Waals surface area contributed by atoms with Gasteiger partial charge < -0.3 is 4.74 Å². The SMILES string of the molecule is c1ccc(C(OC(c2ccccc2)(c2ccccc2)c2ccccc2)(c2ccccc2)c2ccccc2)cc1. The van der Waals surface area contributed by atoms with Crippen LogP contribution < -0.4 is 0 Å². The Hall–Kier alpha value is -4.72. The molecule has 188 valence electrons. The lowest BCUT2D eigenvalue weighted by molar-refractivity contribution is -0.0810. The highest BCUT2D eigenvalue weighted by atomic mass is 16.5. The van der Waals surface area contributed by atoms with E-state index >= 15 is 0 Å². The molecule has 0 aliphatic rings. The molecular weight excluding hydrogens is 472 g/mol. The van der Waals surface area contributed by atoms with Crippen LogP contribution >= 0.6 is 0 Å². The van der Waals surface area contributed by atoms with E-state index in [1.54, 1.807) is 0 Å². The van der Waals surface area contributed by atoms with Crippen molar-refractivity contribution in [3.05, 3.63) is 215 Å². The second-order valence-electron chi connectivity index (χ2n) is 9.66. The van der Waals surface area contributed by atoms with Crippen LogP contribution in [0.2, 0.25) is 0 Å². The van der Waals surface area contributed by atoms with Crippen molar-refractivity contribution >= 4 is 0 Å². The van der Waals surface area contributed by atoms with Crippen molar-refractivity contribution in [2.75, 3.05) is 0 Å². The van der Waals surface area contributed by atoms with E-state index in [-0.39, 0.29) is 0 Å². The molecule has 0 aliphatic carbocycles. The first-order valence-electron chi connectivity index (χ1n) is 13.4. The molecule has 0 spiro atoms. The molecule has 0 N–H and O–H groups in total. The maximum atomic E-state index is 7.94. The highest BCUT2D eigenvalue weighted by Gasteiger charge is 2.48. The standard InChI is InChI=1S/C38H30O/c1-7-19-31(20-8-1)37(32-21-9-2-10-22-32,33-23-11-3-12-24-33)39-38(34-25-13-4-14-26-34,35-27-15-5-16-28-35)36-29-17-6-18-30-36/h1-30H. The topological polar surface area (TPSA) is 9.23 Å². The van der Waals surface area contributed by atoms with Gasteiger partial charge in [-0.1, -0.05) is 182 Å². The lowest BCUT2D eigenvalue weighted by Gasteiger charge is -2.46. The first-order valence-corrected chi connectivity index (χ1v) is 13.4. The zero-order valence-corrected chi connectivity index (χ0v) is 21.7. The largest absolute Gasteiger partial charge is 0.340 e. The molecule has 6 rings (SSSR count). The summed E-state index contributed by atoms with van der Waals surface area (Å²) in [5.41, 5.74) is 4.54. The fourth-order valence-corrected chi connectivity index (χ4v) is 5.62. The van der Waals surface area contributed by atoms with Crippen molar-refractivity contribution in [1.82, 2.24) is 0 Å². The molecule has 39 heavy (non-hydrogen) atoms. The van der Waals surface area contributed by atoms with Crippen LogP contribution in [0.15, 0.2) is 182 Å². The first kappa shape index (κ1) is 24.6. The van der Waals surface area contributed by atoms with E-state index in [2.05, 4.69) is 182 Å². The molecule has 0 fully saturated rings. The summed E-state index contributed by atoms with van der Waals surface area (Å²) in [5.74, 6) is 0. The van der Waals surface area contributed by atoms with Crippen LogP contribution in [0.4, 0.5) is 0 Å². The molecule has 0 saturated heterocycles. The van der Waals surface area contributed by atoms with E-state index in [9.17, 15) is 0 Å². The van der Waals surface area contributed by atoms with Gasteiger partial charge in [0.15, 0.2) is 0 Å². The van der Waals surface area contributed by atoms with Crippen LogP contribution in [0.5, 0.6) is 0 Å². The summed E-state index contributed by atoms with van der Waals surface area (Å²) in [7, 11) is 0. The van der Waals surface area contributed by atoms with E-state index in [1.807, 2.05) is 0 Å². The third-order valence-corrected chi connectivity index (χ3v) is 7.39. The van der Waals surface area contributed by atoms with Gasteiger partial charge in [0.25, 0.3) is 0 Å². The van der Waals surface area contributed by atoms with Crippen molar-refractivity contribution in [2.45, 2.75) is 11.2 Å². The van der Waals surface area contributed by atoms with Gasteiger partial charge in [-0.25, -0.2) is 0 Å². The van der Waals surface area contributed by atoms with E-state index < -0.39 is 11.2 Å². The zero-order chi connectivity index (χ0) is 26.4. The lowest BCUT2D eigenvalue weighted by atomic mass is 9.75. The van der Waals surface area contributed by atoms with Crippen molar-refractivity contribution in [2.24, 2.45) is 0 Å². The molecule has 1 nitrogen and oxygen atoms in total. The summed E-state index contributed by atoms with van der Waals surface area (Å²) in [6, 6.07) is 63.5. The van der Waals surface area contributed by atoms with Crippen molar-refractivity contribution < 1.29 is 4.74 Å². The van der Waals surface area contributed by atoms with Gasteiger partial charge in [-0.3, -0.25) is 0 Å². The van der Waals surface area contributed by atoms with Crippen molar-refractivity contribution in [3.8, 4) is 0 Å². The van der Waals surface area contributed by atoms with Crippen LogP contribution in [-0.2, 0) is 15.9 Å². The molecule has 6 aromatic rings. The van der Waals surface area contributed by atoms with Gasteiger partial charge in [-0.05, 0) is 33.4 Å². The lowest BCUT2D eigenvalue weighted by Crippen LogP contribution is -2.44. The third kappa shape index (κ3) is 4.48. The summed E-state index contributed by atoms with van der Waals surface area (Å²) >= 11 is 0.